The van der Waals surface area contributed by atoms with Gasteiger partial charge in [0, 0.05) is 38.6 Å². The Bertz CT molecular complexity index is 2900. The van der Waals surface area contributed by atoms with Crippen LogP contribution in [0.1, 0.15) is 53.0 Å². The molecule has 1 radical (unpaired) electrons. The van der Waals surface area contributed by atoms with Crippen LogP contribution in [0.15, 0.2) is 150 Å². The van der Waals surface area contributed by atoms with Gasteiger partial charge >= 0.3 is 0 Å². The minimum absolute atomic E-state index is 0. The average Bonchev–Trinajstić information content (AvgIpc) is 3.79. The zero-order valence-corrected chi connectivity index (χ0v) is 37.8. The van der Waals surface area contributed by atoms with Crippen molar-refractivity contribution in [2.75, 3.05) is 0 Å². The van der Waals surface area contributed by atoms with Crippen molar-refractivity contribution in [1.82, 2.24) is 14.5 Å². The van der Waals surface area contributed by atoms with Gasteiger partial charge in [-0.05, 0) is 51.5 Å². The fraction of sp³-hybridized carbons (Fsp3) is 0.192. The van der Waals surface area contributed by atoms with Crippen LogP contribution >= 0.6 is 0 Å². The van der Waals surface area contributed by atoms with Gasteiger partial charge in [0.1, 0.15) is 5.58 Å². The smallest absolute Gasteiger partial charge is 0.120 e. The van der Waals surface area contributed by atoms with Gasteiger partial charge in [0.25, 0.3) is 0 Å². The van der Waals surface area contributed by atoms with Crippen molar-refractivity contribution < 1.29 is 25.9 Å². The number of nitrogens with zero attached hydrogens (tertiary/aromatic N) is 3. The molecule has 3 heterocycles. The average molecular weight is 953 g/mol. The SMILES string of the molecule is CC(C)(C)c1cccc(-c2ccccc2)c1-n1c(-c2[c-]ccc3c2oc2ccccc23)nc2ccccc21.[2H]C(C)(C)c1cc(-c2[c-]cccc2)ncc1[Si](C)(C)C.[Ir]. The van der Waals surface area contributed by atoms with Crippen molar-refractivity contribution in [3.8, 4) is 39.5 Å². The van der Waals surface area contributed by atoms with E-state index in [1.165, 1.54) is 21.9 Å². The number of pyridine rings is 1. The van der Waals surface area contributed by atoms with E-state index in [9.17, 15) is 0 Å². The number of fused-ring (bicyclic) bond motifs is 4. The number of hydrogen-bond donors (Lipinski definition) is 0. The maximum Gasteiger partial charge on any atom is 0.120 e. The van der Waals surface area contributed by atoms with Crippen molar-refractivity contribution in [2.24, 2.45) is 0 Å². The van der Waals surface area contributed by atoms with Gasteiger partial charge in [-0.3, -0.25) is 4.98 Å². The first kappa shape index (κ1) is 39.4. The number of para-hydroxylation sites is 4. The summed E-state index contributed by atoms with van der Waals surface area (Å²) in [5.41, 5.74) is 12.1. The quantitative estimate of drug-likeness (QED) is 0.123. The van der Waals surface area contributed by atoms with E-state index in [4.69, 9.17) is 10.8 Å². The summed E-state index contributed by atoms with van der Waals surface area (Å²) in [6.45, 7) is 17.6. The number of hydrogen-bond acceptors (Lipinski definition) is 3. The molecule has 4 nitrogen and oxygen atoms in total. The third kappa shape index (κ3) is 7.89. The molecule has 0 N–H and O–H groups in total. The molecule has 0 spiro atoms. The second-order valence-corrected chi connectivity index (χ2v) is 22.0. The van der Waals surface area contributed by atoms with E-state index in [1.807, 2.05) is 68.6 Å². The Hall–Kier alpha value is -5.39. The minimum Gasteiger partial charge on any atom is -0.501 e. The number of benzene rings is 6. The molecule has 293 valence electrons. The summed E-state index contributed by atoms with van der Waals surface area (Å²) in [7, 11) is -1.50. The molecule has 58 heavy (non-hydrogen) atoms. The van der Waals surface area contributed by atoms with E-state index in [0.29, 0.717) is 0 Å². The standard InChI is InChI=1S/C35H27N2O.C17H22NSi.Ir/c1-35(2,3)28-19-12-16-24(23-13-5-4-6-14-23)32(28)37-30-21-9-8-20-29(30)36-34(37)27-18-11-17-26-25-15-7-10-22-31(25)38-33(26)27;1-13(2)15-11-16(14-9-7-6-8-10-14)18-12-17(15)19(3,4)5;/h4-17,19-22H,1-3H3;6-9,11-13H,1-5H3;/q2*-1;/i;13D;. The molecule has 9 aromatic rings. The Kier molecular flexibility index (Phi) is 11.2. The van der Waals surface area contributed by atoms with Crippen LogP contribution in [0.25, 0.3) is 72.4 Å². The summed E-state index contributed by atoms with van der Waals surface area (Å²) in [6.07, 6.45) is 1.98. The predicted molar refractivity (Wildman–Crippen MR) is 242 cm³/mol. The third-order valence-electron chi connectivity index (χ3n) is 10.5. The first-order valence-electron chi connectivity index (χ1n) is 20.2. The molecular weight excluding hydrogens is 903 g/mol. The van der Waals surface area contributed by atoms with Crippen molar-refractivity contribution in [3.05, 3.63) is 169 Å². The Balaban J connectivity index is 0.000000214. The first-order chi connectivity index (χ1) is 27.7. The van der Waals surface area contributed by atoms with Crippen LogP contribution in [0.2, 0.25) is 19.6 Å². The Labute approximate surface area is 358 Å². The molecule has 0 fully saturated rings. The van der Waals surface area contributed by atoms with Crippen LogP contribution < -0.4 is 5.19 Å². The molecule has 0 aliphatic rings. The van der Waals surface area contributed by atoms with E-state index < -0.39 is 14.0 Å². The molecule has 3 aromatic heterocycles. The third-order valence-corrected chi connectivity index (χ3v) is 12.5. The molecule has 0 bridgehead atoms. The Morgan fingerprint density at radius 2 is 1.48 bits per heavy atom. The van der Waals surface area contributed by atoms with Gasteiger partial charge in [0.05, 0.1) is 36.2 Å². The molecule has 0 saturated carbocycles. The second kappa shape index (κ2) is 16.5. The largest absolute Gasteiger partial charge is 0.501 e. The Morgan fingerprint density at radius 3 is 2.21 bits per heavy atom. The zero-order valence-electron chi connectivity index (χ0n) is 35.4. The van der Waals surface area contributed by atoms with Crippen LogP contribution in [0.4, 0.5) is 0 Å². The maximum absolute atomic E-state index is 8.44. The molecule has 0 aliphatic heterocycles. The van der Waals surface area contributed by atoms with E-state index in [2.05, 4.69) is 153 Å². The number of imidazole rings is 1. The molecule has 0 aliphatic carbocycles. The topological polar surface area (TPSA) is 43.9 Å². The van der Waals surface area contributed by atoms with Crippen LogP contribution in [-0.4, -0.2) is 22.6 Å². The molecule has 6 aromatic carbocycles. The normalized spacial score (nSPS) is 12.2. The number of aromatic nitrogens is 3. The summed E-state index contributed by atoms with van der Waals surface area (Å²) < 4.78 is 17.2. The molecule has 9 rings (SSSR count). The molecular formula is C52H49IrN3OSi-2. The second-order valence-electron chi connectivity index (χ2n) is 16.9. The number of rotatable bonds is 6. The summed E-state index contributed by atoms with van der Waals surface area (Å²) in [6, 6.07) is 54.5. The van der Waals surface area contributed by atoms with Gasteiger partial charge < -0.3 is 14.0 Å². The van der Waals surface area contributed by atoms with E-state index >= 15 is 0 Å². The van der Waals surface area contributed by atoms with Crippen LogP contribution in [0, 0.1) is 12.1 Å². The predicted octanol–water partition coefficient (Wildman–Crippen LogP) is 13.6. The van der Waals surface area contributed by atoms with E-state index in [-0.39, 0.29) is 25.5 Å². The molecule has 6 heteroatoms. The first-order valence-corrected chi connectivity index (χ1v) is 23.2. The van der Waals surface area contributed by atoms with Gasteiger partial charge in [-0.2, -0.15) is 0 Å². The van der Waals surface area contributed by atoms with Crippen LogP contribution in [0.3, 0.4) is 0 Å². The van der Waals surface area contributed by atoms with Crippen molar-refractivity contribution in [2.45, 2.75) is 65.6 Å². The van der Waals surface area contributed by atoms with Gasteiger partial charge in [0.15, 0.2) is 0 Å². The van der Waals surface area contributed by atoms with Gasteiger partial charge in [-0.1, -0.05) is 156 Å². The summed E-state index contributed by atoms with van der Waals surface area (Å²) in [5.74, 6) is 0.215. The summed E-state index contributed by atoms with van der Waals surface area (Å²) in [4.78, 5) is 9.82. The molecule has 0 saturated heterocycles. The summed E-state index contributed by atoms with van der Waals surface area (Å²) in [5, 5.41) is 3.44. The van der Waals surface area contributed by atoms with Crippen molar-refractivity contribution in [1.29, 1.82) is 0 Å². The van der Waals surface area contributed by atoms with E-state index in [0.717, 1.165) is 66.9 Å². The fourth-order valence-electron chi connectivity index (χ4n) is 7.68. The summed E-state index contributed by atoms with van der Waals surface area (Å²) >= 11 is 0. The van der Waals surface area contributed by atoms with Gasteiger partial charge in [-0.15, -0.1) is 54.1 Å². The fourth-order valence-corrected chi connectivity index (χ4v) is 9.27. The van der Waals surface area contributed by atoms with Crippen LogP contribution in [-0.2, 0) is 25.5 Å². The number of furan rings is 1. The van der Waals surface area contributed by atoms with Gasteiger partial charge in [-0.25, -0.2) is 0 Å². The maximum atomic E-state index is 8.44. The minimum atomic E-state index is -1.50. The zero-order chi connectivity index (χ0) is 40.8. The monoisotopic (exact) mass is 953 g/mol. The van der Waals surface area contributed by atoms with Crippen molar-refractivity contribution in [3.63, 3.8) is 0 Å². The molecule has 0 unspecified atom stereocenters. The van der Waals surface area contributed by atoms with E-state index in [1.54, 1.807) is 0 Å². The van der Waals surface area contributed by atoms with Crippen LogP contribution in [0.5, 0.6) is 0 Å². The van der Waals surface area contributed by atoms with Gasteiger partial charge in [0.2, 0.25) is 0 Å². The molecule has 0 atom stereocenters. The Morgan fingerprint density at radius 1 is 0.759 bits per heavy atom. The van der Waals surface area contributed by atoms with Crippen molar-refractivity contribution >= 4 is 46.2 Å². The molecule has 0 amide bonds.